The van der Waals surface area contributed by atoms with E-state index in [1.165, 1.54) is 25.6 Å². The van der Waals surface area contributed by atoms with Gasteiger partial charge in [0.15, 0.2) is 14.6 Å². The van der Waals surface area contributed by atoms with Crippen LogP contribution in [0.5, 0.6) is 0 Å². The number of aryl methyl sites for hydroxylation is 1. The van der Waals surface area contributed by atoms with Crippen LogP contribution in [0.4, 0.5) is 5.00 Å². The maximum absolute atomic E-state index is 12.7. The van der Waals surface area contributed by atoms with Gasteiger partial charge in [-0.1, -0.05) is 18.3 Å². The number of carbonyl (C=O) groups is 4. The number of benzene rings is 1. The molecule has 0 spiro atoms. The summed E-state index contributed by atoms with van der Waals surface area (Å²) in [5.74, 6) is -4.36. The SMILES string of the molecule is CCn1c(=NC(=O)CS(=O)(=O)CC(=O)Nc2sc3c(c2C(=O)OC)CCC(C)C3)sc2cc(C(=O)OC)ccc21. The summed E-state index contributed by atoms with van der Waals surface area (Å²) in [5.41, 5.74) is 2.15. The van der Waals surface area contributed by atoms with Crippen molar-refractivity contribution in [3.8, 4) is 0 Å². The van der Waals surface area contributed by atoms with Crippen LogP contribution in [-0.2, 0) is 48.3 Å². The Hall–Kier alpha value is -3.36. The first-order valence-corrected chi connectivity index (χ1v) is 15.9. The number of carbonyl (C=O) groups excluding carboxylic acids is 4. The minimum atomic E-state index is -4.17. The standard InChI is InChI=1S/C26H29N3O8S3/c1-5-29-17-9-7-15(24(32)36-3)11-19(17)39-26(29)28-21(31)13-40(34,35)12-20(30)27-23-22(25(33)37-4)16-8-6-14(2)10-18(16)38-23/h7,9,11,14H,5-6,8,10,12-13H2,1-4H3,(H,27,30). The normalized spacial score (nSPS) is 15.5. The van der Waals surface area contributed by atoms with Gasteiger partial charge in [-0.15, -0.1) is 11.3 Å². The number of aromatic nitrogens is 1. The van der Waals surface area contributed by atoms with Crippen LogP contribution in [-0.4, -0.2) is 62.5 Å². The zero-order chi connectivity index (χ0) is 29.2. The van der Waals surface area contributed by atoms with Crippen LogP contribution >= 0.6 is 22.7 Å². The van der Waals surface area contributed by atoms with E-state index in [1.807, 2.05) is 6.92 Å². The second kappa shape index (κ2) is 12.0. The minimum absolute atomic E-state index is 0.253. The third-order valence-electron chi connectivity index (χ3n) is 6.49. The van der Waals surface area contributed by atoms with Crippen LogP contribution < -0.4 is 10.1 Å². The monoisotopic (exact) mass is 607 g/mol. The van der Waals surface area contributed by atoms with E-state index in [1.54, 1.807) is 22.8 Å². The molecule has 1 aliphatic carbocycles. The number of methoxy groups -OCH3 is 2. The Morgan fingerprint density at radius 2 is 1.82 bits per heavy atom. The molecule has 0 aliphatic heterocycles. The number of amides is 2. The zero-order valence-electron chi connectivity index (χ0n) is 22.4. The molecule has 0 bridgehead atoms. The summed E-state index contributed by atoms with van der Waals surface area (Å²) in [6.07, 6.45) is 2.32. The highest BCUT2D eigenvalue weighted by atomic mass is 32.2. The molecule has 1 unspecified atom stereocenters. The first-order chi connectivity index (χ1) is 19.0. The number of esters is 2. The fraction of sp³-hybridized carbons (Fsp3) is 0.423. The molecular formula is C26H29N3O8S3. The van der Waals surface area contributed by atoms with Crippen LogP contribution in [0.1, 0.15) is 51.4 Å². The number of nitrogens with one attached hydrogen (secondary N) is 1. The van der Waals surface area contributed by atoms with E-state index in [0.29, 0.717) is 29.1 Å². The number of ether oxygens (including phenoxy) is 2. The predicted octanol–water partition coefficient (Wildman–Crippen LogP) is 2.96. The van der Waals surface area contributed by atoms with Gasteiger partial charge in [0.05, 0.1) is 35.6 Å². The lowest BCUT2D eigenvalue weighted by Gasteiger charge is -2.18. The Labute approximate surface area is 238 Å². The molecule has 40 heavy (non-hydrogen) atoms. The molecule has 1 N–H and O–H groups in total. The van der Waals surface area contributed by atoms with Crippen molar-refractivity contribution in [2.75, 3.05) is 31.0 Å². The van der Waals surface area contributed by atoms with E-state index >= 15 is 0 Å². The predicted molar refractivity (Wildman–Crippen MR) is 152 cm³/mol. The van der Waals surface area contributed by atoms with E-state index in [0.717, 1.165) is 40.1 Å². The Bertz CT molecular complexity index is 1680. The van der Waals surface area contributed by atoms with Gasteiger partial charge in [-0.05, 0) is 55.9 Å². The Morgan fingerprint density at radius 3 is 2.50 bits per heavy atom. The van der Waals surface area contributed by atoms with Crippen LogP contribution in [0, 0.1) is 5.92 Å². The Balaban J connectivity index is 1.51. The van der Waals surface area contributed by atoms with Crippen molar-refractivity contribution in [3.05, 3.63) is 44.6 Å². The molecule has 214 valence electrons. The molecule has 1 atom stereocenters. The highest BCUT2D eigenvalue weighted by Gasteiger charge is 2.30. The van der Waals surface area contributed by atoms with E-state index in [2.05, 4.69) is 17.2 Å². The summed E-state index contributed by atoms with van der Waals surface area (Å²) in [6.45, 7) is 4.40. The molecule has 1 aliphatic rings. The molecule has 1 aromatic carbocycles. The minimum Gasteiger partial charge on any atom is -0.465 e. The third-order valence-corrected chi connectivity index (χ3v) is 10.1. The first-order valence-electron chi connectivity index (χ1n) is 12.5. The van der Waals surface area contributed by atoms with Crippen molar-refractivity contribution >= 4 is 71.5 Å². The van der Waals surface area contributed by atoms with Crippen molar-refractivity contribution < 1.29 is 37.1 Å². The highest BCUT2D eigenvalue weighted by Crippen LogP contribution is 2.40. The van der Waals surface area contributed by atoms with Gasteiger partial charge in [-0.2, -0.15) is 4.99 Å². The van der Waals surface area contributed by atoms with Crippen LogP contribution in [0.3, 0.4) is 0 Å². The van der Waals surface area contributed by atoms with Crippen LogP contribution in [0.25, 0.3) is 10.2 Å². The summed E-state index contributed by atoms with van der Waals surface area (Å²) < 4.78 is 37.5. The number of hydrogen-bond donors (Lipinski definition) is 1. The van der Waals surface area contributed by atoms with Crippen molar-refractivity contribution in [3.63, 3.8) is 0 Å². The number of hydrogen-bond acceptors (Lipinski definition) is 10. The molecule has 0 saturated carbocycles. The quantitative estimate of drug-likeness (QED) is 0.384. The van der Waals surface area contributed by atoms with Crippen LogP contribution in [0.15, 0.2) is 23.2 Å². The summed E-state index contributed by atoms with van der Waals surface area (Å²) in [6, 6.07) is 4.92. The van der Waals surface area contributed by atoms with Crippen molar-refractivity contribution in [2.24, 2.45) is 10.9 Å². The topological polar surface area (TPSA) is 150 Å². The van der Waals surface area contributed by atoms with Gasteiger partial charge < -0.3 is 19.4 Å². The number of rotatable bonds is 8. The lowest BCUT2D eigenvalue weighted by molar-refractivity contribution is -0.115. The summed E-state index contributed by atoms with van der Waals surface area (Å²) in [5, 5.41) is 2.80. The number of thiazole rings is 1. The lowest BCUT2D eigenvalue weighted by atomic mass is 9.88. The average molecular weight is 608 g/mol. The molecule has 4 rings (SSSR count). The van der Waals surface area contributed by atoms with Gasteiger partial charge in [0.1, 0.15) is 16.5 Å². The van der Waals surface area contributed by atoms with Crippen molar-refractivity contribution in [1.82, 2.24) is 4.57 Å². The number of fused-ring (bicyclic) bond motifs is 2. The molecular weight excluding hydrogens is 579 g/mol. The largest absolute Gasteiger partial charge is 0.465 e. The summed E-state index contributed by atoms with van der Waals surface area (Å²) >= 11 is 2.38. The fourth-order valence-corrected chi connectivity index (χ4v) is 8.19. The second-order valence-electron chi connectivity index (χ2n) is 9.44. The molecule has 2 heterocycles. The number of anilines is 1. The highest BCUT2D eigenvalue weighted by molar-refractivity contribution is 7.92. The maximum atomic E-state index is 12.7. The van der Waals surface area contributed by atoms with E-state index < -0.39 is 45.1 Å². The molecule has 0 fully saturated rings. The van der Waals surface area contributed by atoms with Crippen molar-refractivity contribution in [1.29, 1.82) is 0 Å². The van der Waals surface area contributed by atoms with Gasteiger partial charge in [0.2, 0.25) is 5.91 Å². The summed E-state index contributed by atoms with van der Waals surface area (Å²) in [7, 11) is -1.65. The molecule has 2 aromatic heterocycles. The van der Waals surface area contributed by atoms with Crippen molar-refractivity contribution in [2.45, 2.75) is 39.7 Å². The molecule has 3 aromatic rings. The zero-order valence-corrected chi connectivity index (χ0v) is 24.9. The van der Waals surface area contributed by atoms with Gasteiger partial charge >= 0.3 is 11.9 Å². The lowest BCUT2D eigenvalue weighted by Crippen LogP contribution is -2.28. The maximum Gasteiger partial charge on any atom is 0.341 e. The van der Waals surface area contributed by atoms with E-state index in [4.69, 9.17) is 9.47 Å². The molecule has 0 saturated heterocycles. The van der Waals surface area contributed by atoms with E-state index in [9.17, 15) is 27.6 Å². The van der Waals surface area contributed by atoms with Gasteiger partial charge in [0.25, 0.3) is 5.91 Å². The molecule has 2 amide bonds. The second-order valence-corrected chi connectivity index (χ2v) is 13.6. The van der Waals surface area contributed by atoms with Crippen LogP contribution in [0.2, 0.25) is 0 Å². The molecule has 14 heteroatoms. The number of nitrogens with zero attached hydrogens (tertiary/aromatic N) is 2. The van der Waals surface area contributed by atoms with Gasteiger partial charge in [-0.3, -0.25) is 9.59 Å². The van der Waals surface area contributed by atoms with Gasteiger partial charge in [0, 0.05) is 11.4 Å². The third kappa shape index (κ3) is 6.34. The molecule has 11 nitrogen and oxygen atoms in total. The fourth-order valence-electron chi connectivity index (χ4n) is 4.61. The smallest absolute Gasteiger partial charge is 0.341 e. The Kier molecular flexibility index (Phi) is 8.90. The average Bonchev–Trinajstić information content (AvgIpc) is 3.42. The Morgan fingerprint density at radius 1 is 1.10 bits per heavy atom. The summed E-state index contributed by atoms with van der Waals surface area (Å²) in [4.78, 5) is 54.9. The van der Waals surface area contributed by atoms with E-state index in [-0.39, 0.29) is 15.4 Å². The number of thiophene rings is 1. The molecule has 0 radical (unpaired) electrons. The number of sulfone groups is 1. The first kappa shape index (κ1) is 29.6. The van der Waals surface area contributed by atoms with Gasteiger partial charge in [-0.25, -0.2) is 18.0 Å².